The topological polar surface area (TPSA) is 59.3 Å². The van der Waals surface area contributed by atoms with E-state index >= 15 is 0 Å². The van der Waals surface area contributed by atoms with Gasteiger partial charge in [-0.15, -0.1) is 0 Å². The van der Waals surface area contributed by atoms with Crippen molar-refractivity contribution < 1.29 is 27.4 Å². The molecule has 0 heterocycles. The molecule has 20 heavy (non-hydrogen) atoms. The van der Waals surface area contributed by atoms with Crippen LogP contribution in [0.1, 0.15) is 22.8 Å². The van der Waals surface area contributed by atoms with Gasteiger partial charge in [-0.25, -0.2) is 4.79 Å². The summed E-state index contributed by atoms with van der Waals surface area (Å²) >= 11 is -0.515. The number of nitrogens with zero attached hydrogens (tertiary/aromatic N) is 1. The van der Waals surface area contributed by atoms with Gasteiger partial charge in [-0.05, 0) is 30.8 Å². The lowest BCUT2D eigenvalue weighted by molar-refractivity contribution is -0.0329. The number of benzene rings is 1. The van der Waals surface area contributed by atoms with E-state index in [1.165, 1.54) is 13.0 Å². The number of carbonyl (C=O) groups excluding carboxylic acids is 1. The molecule has 108 valence electrons. The van der Waals surface area contributed by atoms with Crippen LogP contribution in [0.3, 0.4) is 0 Å². The second-order valence-corrected chi connectivity index (χ2v) is 4.48. The third kappa shape index (κ3) is 3.81. The van der Waals surface area contributed by atoms with E-state index < -0.39 is 28.1 Å². The molecule has 1 aromatic rings. The van der Waals surface area contributed by atoms with Crippen molar-refractivity contribution in [2.24, 2.45) is 0 Å². The van der Waals surface area contributed by atoms with Gasteiger partial charge in [0.1, 0.15) is 6.07 Å². The molecule has 0 aliphatic rings. The number of esters is 1. The van der Waals surface area contributed by atoms with Crippen LogP contribution in [-0.2, 0) is 4.74 Å². The molecule has 1 rings (SSSR count). The summed E-state index contributed by atoms with van der Waals surface area (Å²) in [7, 11) is 1.13. The van der Waals surface area contributed by atoms with Crippen LogP contribution in [0.25, 0.3) is 0 Å². The second-order valence-electron chi connectivity index (χ2n) is 3.40. The van der Waals surface area contributed by atoms with Crippen LogP contribution in [0.15, 0.2) is 17.0 Å². The van der Waals surface area contributed by atoms with Gasteiger partial charge in [0.2, 0.25) is 0 Å². The Balaban J connectivity index is 3.44. The van der Waals surface area contributed by atoms with E-state index in [1.807, 2.05) is 0 Å². The molecule has 0 saturated heterocycles. The fraction of sp³-hybridized carbons (Fsp3) is 0.333. The van der Waals surface area contributed by atoms with Gasteiger partial charge in [0, 0.05) is 0 Å². The number of rotatable bonds is 4. The van der Waals surface area contributed by atoms with Crippen LogP contribution in [0.5, 0.6) is 5.75 Å². The standard InChI is InChI=1S/C12H10F3NO3S/c1-3-19-11(17)8-5-4-7(6-16)9(18-2)10(8)20-12(13,14)15/h4-5H,3H2,1-2H3. The average molecular weight is 305 g/mol. The maximum atomic E-state index is 12.6. The molecule has 0 aromatic heterocycles. The molecule has 4 nitrogen and oxygen atoms in total. The Morgan fingerprint density at radius 1 is 1.45 bits per heavy atom. The summed E-state index contributed by atoms with van der Waals surface area (Å²) in [5, 5.41) is 8.87. The molecule has 8 heteroatoms. The third-order valence-corrected chi connectivity index (χ3v) is 2.99. The van der Waals surface area contributed by atoms with Crippen LogP contribution in [-0.4, -0.2) is 25.2 Å². The minimum Gasteiger partial charge on any atom is -0.494 e. The number of hydrogen-bond donors (Lipinski definition) is 0. The average Bonchev–Trinajstić information content (AvgIpc) is 2.36. The summed E-state index contributed by atoms with van der Waals surface area (Å²) in [6.45, 7) is 1.56. The quantitative estimate of drug-likeness (QED) is 0.630. The Hall–Kier alpha value is -1.88. The summed E-state index contributed by atoms with van der Waals surface area (Å²) in [4.78, 5) is 11.2. The number of alkyl halides is 3. The number of halogens is 3. The van der Waals surface area contributed by atoms with Crippen molar-refractivity contribution in [3.63, 3.8) is 0 Å². The molecule has 0 radical (unpaired) electrons. The summed E-state index contributed by atoms with van der Waals surface area (Å²) in [5.74, 6) is -1.19. The first kappa shape index (κ1) is 16.2. The first-order valence-corrected chi connectivity index (χ1v) is 6.19. The summed E-state index contributed by atoms with van der Waals surface area (Å²) in [6.07, 6.45) is 0. The number of thioether (sulfide) groups is 1. The largest absolute Gasteiger partial charge is 0.494 e. The van der Waals surface area contributed by atoms with Crippen LogP contribution in [0, 0.1) is 11.3 Å². The first-order valence-electron chi connectivity index (χ1n) is 5.38. The van der Waals surface area contributed by atoms with E-state index in [9.17, 15) is 18.0 Å². The molecule has 0 amide bonds. The van der Waals surface area contributed by atoms with Gasteiger partial charge in [0.15, 0.2) is 5.75 Å². The molecule has 0 atom stereocenters. The fourth-order valence-electron chi connectivity index (χ4n) is 1.44. The molecule has 0 bridgehead atoms. The van der Waals surface area contributed by atoms with Gasteiger partial charge >= 0.3 is 11.5 Å². The zero-order chi connectivity index (χ0) is 15.3. The smallest absolute Gasteiger partial charge is 0.446 e. The van der Waals surface area contributed by atoms with Crippen molar-refractivity contribution in [2.45, 2.75) is 17.3 Å². The molecule has 0 aliphatic heterocycles. The highest BCUT2D eigenvalue weighted by Gasteiger charge is 2.34. The van der Waals surface area contributed by atoms with Gasteiger partial charge in [0.25, 0.3) is 0 Å². The fourth-order valence-corrected chi connectivity index (χ4v) is 2.22. The lowest BCUT2D eigenvalue weighted by Gasteiger charge is -2.15. The van der Waals surface area contributed by atoms with Gasteiger partial charge in [-0.1, -0.05) is 0 Å². The van der Waals surface area contributed by atoms with Gasteiger partial charge in [-0.3, -0.25) is 0 Å². The molecule has 0 saturated carbocycles. The second kappa shape index (κ2) is 6.52. The molecule has 0 N–H and O–H groups in total. The maximum Gasteiger partial charge on any atom is 0.446 e. The maximum absolute atomic E-state index is 12.6. The van der Waals surface area contributed by atoms with E-state index in [0.717, 1.165) is 13.2 Å². The third-order valence-electron chi connectivity index (χ3n) is 2.15. The van der Waals surface area contributed by atoms with Crippen molar-refractivity contribution in [3.8, 4) is 11.8 Å². The van der Waals surface area contributed by atoms with E-state index in [1.54, 1.807) is 6.07 Å². The van der Waals surface area contributed by atoms with Crippen LogP contribution in [0.4, 0.5) is 13.2 Å². The molecular formula is C12H10F3NO3S. The number of methoxy groups -OCH3 is 1. The Bertz CT molecular complexity index is 552. The summed E-state index contributed by atoms with van der Waals surface area (Å²) < 4.78 is 47.3. The monoisotopic (exact) mass is 305 g/mol. The predicted molar refractivity (Wildman–Crippen MR) is 65.6 cm³/mol. The Morgan fingerprint density at radius 2 is 2.10 bits per heavy atom. The SMILES string of the molecule is CCOC(=O)c1ccc(C#N)c(OC)c1SC(F)(F)F. The number of nitriles is 1. The molecular weight excluding hydrogens is 295 g/mol. The lowest BCUT2D eigenvalue weighted by atomic mass is 10.1. The van der Waals surface area contributed by atoms with Gasteiger partial charge < -0.3 is 9.47 Å². The van der Waals surface area contributed by atoms with Crippen molar-refractivity contribution >= 4 is 17.7 Å². The van der Waals surface area contributed by atoms with Crippen molar-refractivity contribution in [2.75, 3.05) is 13.7 Å². The minimum atomic E-state index is -4.62. The molecule has 0 spiro atoms. The molecule has 1 aromatic carbocycles. The van der Waals surface area contributed by atoms with E-state index in [2.05, 4.69) is 0 Å². The van der Waals surface area contributed by atoms with Gasteiger partial charge in [-0.2, -0.15) is 18.4 Å². The molecule has 0 fully saturated rings. The Kier molecular flexibility index (Phi) is 5.27. The molecule has 0 aliphatic carbocycles. The Morgan fingerprint density at radius 3 is 2.55 bits per heavy atom. The highest BCUT2D eigenvalue weighted by atomic mass is 32.2. The van der Waals surface area contributed by atoms with Gasteiger partial charge in [0.05, 0.1) is 29.7 Å². The predicted octanol–water partition coefficient (Wildman–Crippen LogP) is 3.36. The minimum absolute atomic E-state index is 0.0251. The zero-order valence-corrected chi connectivity index (χ0v) is 11.4. The van der Waals surface area contributed by atoms with Crippen molar-refractivity contribution in [1.29, 1.82) is 5.26 Å². The first-order chi connectivity index (χ1) is 9.34. The normalized spacial score (nSPS) is 10.8. The number of ether oxygens (including phenoxy) is 2. The van der Waals surface area contributed by atoms with E-state index in [4.69, 9.17) is 14.7 Å². The number of carbonyl (C=O) groups is 1. The van der Waals surface area contributed by atoms with Crippen LogP contribution < -0.4 is 4.74 Å². The molecule has 0 unspecified atom stereocenters. The highest BCUT2D eigenvalue weighted by Crippen LogP contribution is 2.44. The number of hydrogen-bond acceptors (Lipinski definition) is 5. The lowest BCUT2D eigenvalue weighted by Crippen LogP contribution is -2.10. The zero-order valence-electron chi connectivity index (χ0n) is 10.6. The van der Waals surface area contributed by atoms with Crippen LogP contribution >= 0.6 is 11.8 Å². The van der Waals surface area contributed by atoms with Crippen LogP contribution in [0.2, 0.25) is 0 Å². The van der Waals surface area contributed by atoms with E-state index in [-0.39, 0.29) is 23.5 Å². The Labute approximate surface area is 117 Å². The summed E-state index contributed by atoms with van der Waals surface area (Å²) in [6, 6.07) is 4.05. The van der Waals surface area contributed by atoms with Crippen molar-refractivity contribution in [1.82, 2.24) is 0 Å². The van der Waals surface area contributed by atoms with Crippen molar-refractivity contribution in [3.05, 3.63) is 23.3 Å². The summed E-state index contributed by atoms with van der Waals surface area (Å²) in [5.41, 5.74) is -5.00. The van der Waals surface area contributed by atoms with E-state index in [0.29, 0.717) is 0 Å². The highest BCUT2D eigenvalue weighted by molar-refractivity contribution is 8.00.